The number of rotatable bonds is 4. The molecule has 0 saturated carbocycles. The number of nitrogens with zero attached hydrogens (tertiary/aromatic N) is 3. The predicted octanol–water partition coefficient (Wildman–Crippen LogP) is 2.85. The van der Waals surface area contributed by atoms with Crippen molar-refractivity contribution in [2.24, 2.45) is 0 Å². The molecule has 0 radical (unpaired) electrons. The van der Waals surface area contributed by atoms with Crippen LogP contribution in [0.2, 0.25) is 0 Å². The Hall–Kier alpha value is -1.97. The topological polar surface area (TPSA) is 82.6 Å². The van der Waals surface area contributed by atoms with Gasteiger partial charge in [0.25, 0.3) is 0 Å². The van der Waals surface area contributed by atoms with Gasteiger partial charge in [-0.2, -0.15) is 4.31 Å². The summed E-state index contributed by atoms with van der Waals surface area (Å²) in [6.07, 6.45) is 0. The summed E-state index contributed by atoms with van der Waals surface area (Å²) in [5.74, 6) is 0. The number of hydrogen-bond donors (Lipinski definition) is 1. The first-order chi connectivity index (χ1) is 13.2. The third kappa shape index (κ3) is 4.37. The monoisotopic (exact) mass is 422 g/mol. The van der Waals surface area contributed by atoms with Gasteiger partial charge in [-0.1, -0.05) is 17.7 Å². The first kappa shape index (κ1) is 20.8. The summed E-state index contributed by atoms with van der Waals surface area (Å²) in [6, 6.07) is 4.98. The Kier molecular flexibility index (Phi) is 6.07. The average Bonchev–Trinajstić information content (AvgIpc) is 3.08. The highest BCUT2D eigenvalue weighted by Crippen LogP contribution is 2.22. The van der Waals surface area contributed by atoms with Crippen LogP contribution >= 0.6 is 11.3 Å². The average molecular weight is 423 g/mol. The number of benzene rings is 1. The smallest absolute Gasteiger partial charge is 0.318 e. The van der Waals surface area contributed by atoms with Crippen LogP contribution in [0, 0.1) is 20.8 Å². The molecule has 7 nitrogen and oxygen atoms in total. The largest absolute Gasteiger partial charge is 0.329 e. The number of carbonyl (C=O) groups is 1. The van der Waals surface area contributed by atoms with E-state index in [4.69, 9.17) is 0 Å². The Bertz CT molecular complexity index is 963. The van der Waals surface area contributed by atoms with Gasteiger partial charge in [-0.3, -0.25) is 0 Å². The molecule has 0 spiro atoms. The normalized spacial score (nSPS) is 16.8. The molecule has 1 saturated heterocycles. The van der Waals surface area contributed by atoms with E-state index >= 15 is 0 Å². The fourth-order valence-electron chi connectivity index (χ4n) is 3.27. The zero-order valence-electron chi connectivity index (χ0n) is 16.6. The van der Waals surface area contributed by atoms with Crippen molar-refractivity contribution in [2.75, 3.05) is 26.2 Å². The Morgan fingerprint density at radius 2 is 1.86 bits per heavy atom. The Morgan fingerprint density at radius 1 is 1.18 bits per heavy atom. The van der Waals surface area contributed by atoms with Crippen molar-refractivity contribution in [3.05, 3.63) is 45.4 Å². The lowest BCUT2D eigenvalue weighted by atomic mass is 10.2. The number of aromatic nitrogens is 1. The molecule has 1 atom stereocenters. The van der Waals surface area contributed by atoms with Crippen molar-refractivity contribution in [1.29, 1.82) is 0 Å². The van der Waals surface area contributed by atoms with E-state index in [9.17, 15) is 13.2 Å². The second kappa shape index (κ2) is 8.18. The van der Waals surface area contributed by atoms with Gasteiger partial charge in [0.1, 0.15) is 5.01 Å². The highest BCUT2D eigenvalue weighted by atomic mass is 32.2. The van der Waals surface area contributed by atoms with Crippen LogP contribution in [0.3, 0.4) is 0 Å². The molecule has 1 aliphatic heterocycles. The highest BCUT2D eigenvalue weighted by molar-refractivity contribution is 7.89. The maximum atomic E-state index is 13.0. The molecular formula is C19H26N4O3S2. The summed E-state index contributed by atoms with van der Waals surface area (Å²) >= 11 is 1.52. The van der Waals surface area contributed by atoms with Crippen LogP contribution in [0.4, 0.5) is 4.79 Å². The van der Waals surface area contributed by atoms with Crippen molar-refractivity contribution < 1.29 is 13.2 Å². The van der Waals surface area contributed by atoms with E-state index in [1.165, 1.54) is 15.6 Å². The van der Waals surface area contributed by atoms with E-state index in [1.807, 2.05) is 45.2 Å². The highest BCUT2D eigenvalue weighted by Gasteiger charge is 2.31. The van der Waals surface area contributed by atoms with Crippen molar-refractivity contribution in [1.82, 2.24) is 19.5 Å². The maximum absolute atomic E-state index is 13.0. The van der Waals surface area contributed by atoms with Gasteiger partial charge in [0, 0.05) is 37.3 Å². The maximum Gasteiger partial charge on any atom is 0.318 e. The third-order valence-corrected chi connectivity index (χ3v) is 8.03. The number of carbonyl (C=O) groups excluding carboxylic acids is 1. The van der Waals surface area contributed by atoms with E-state index in [0.29, 0.717) is 18.0 Å². The zero-order chi connectivity index (χ0) is 20.5. The number of sulfonamides is 1. The summed E-state index contributed by atoms with van der Waals surface area (Å²) in [7, 11) is -3.56. The molecule has 28 heavy (non-hydrogen) atoms. The van der Waals surface area contributed by atoms with Gasteiger partial charge < -0.3 is 10.2 Å². The quantitative estimate of drug-likeness (QED) is 0.821. The van der Waals surface area contributed by atoms with Gasteiger partial charge >= 0.3 is 6.03 Å². The lowest BCUT2D eigenvalue weighted by molar-refractivity contribution is 0.169. The molecule has 2 amide bonds. The molecule has 9 heteroatoms. The number of amides is 2. The van der Waals surface area contributed by atoms with E-state index in [-0.39, 0.29) is 25.2 Å². The van der Waals surface area contributed by atoms with Crippen LogP contribution in [-0.2, 0) is 10.0 Å². The summed E-state index contributed by atoms with van der Waals surface area (Å²) in [4.78, 5) is 18.9. The van der Waals surface area contributed by atoms with Gasteiger partial charge in [0.2, 0.25) is 10.0 Å². The van der Waals surface area contributed by atoms with Gasteiger partial charge in [0.15, 0.2) is 0 Å². The van der Waals surface area contributed by atoms with Crippen LogP contribution in [-0.4, -0.2) is 54.8 Å². The molecule has 1 fully saturated rings. The molecule has 0 bridgehead atoms. The molecule has 1 aromatic heterocycles. The minimum atomic E-state index is -3.56. The number of aryl methyl sites for hydroxylation is 3. The summed E-state index contributed by atoms with van der Waals surface area (Å²) in [6.45, 7) is 8.86. The van der Waals surface area contributed by atoms with Crippen molar-refractivity contribution >= 4 is 27.4 Å². The van der Waals surface area contributed by atoms with E-state index in [1.54, 1.807) is 11.0 Å². The van der Waals surface area contributed by atoms with Gasteiger partial charge in [-0.15, -0.1) is 11.3 Å². The first-order valence-corrected chi connectivity index (χ1v) is 11.6. The van der Waals surface area contributed by atoms with Crippen LogP contribution in [0.5, 0.6) is 0 Å². The van der Waals surface area contributed by atoms with E-state index in [0.717, 1.165) is 21.8 Å². The molecule has 2 aromatic rings. The molecule has 1 aliphatic rings. The predicted molar refractivity (Wildman–Crippen MR) is 110 cm³/mol. The fraction of sp³-hybridized carbons (Fsp3) is 0.474. The second-order valence-electron chi connectivity index (χ2n) is 7.16. The molecule has 0 aliphatic carbocycles. The summed E-state index contributed by atoms with van der Waals surface area (Å²) in [5.41, 5.74) is 2.71. The third-order valence-electron chi connectivity index (χ3n) is 4.82. The number of hydrogen-bond acceptors (Lipinski definition) is 5. The van der Waals surface area contributed by atoms with E-state index in [2.05, 4.69) is 10.3 Å². The lowest BCUT2D eigenvalue weighted by Crippen LogP contribution is -2.53. The number of urea groups is 1. The van der Waals surface area contributed by atoms with Gasteiger partial charge in [0.05, 0.1) is 10.9 Å². The van der Waals surface area contributed by atoms with E-state index < -0.39 is 10.0 Å². The summed E-state index contributed by atoms with van der Waals surface area (Å²) in [5, 5.41) is 5.76. The minimum Gasteiger partial charge on any atom is -0.329 e. The SMILES string of the molecule is Cc1ccc(S(=O)(=O)N2CCN(C(=O)NC(C)c3nc(C)cs3)CC2)c(C)c1. The van der Waals surface area contributed by atoms with Crippen molar-refractivity contribution in [3.63, 3.8) is 0 Å². The van der Waals surface area contributed by atoms with Crippen LogP contribution < -0.4 is 5.32 Å². The zero-order valence-corrected chi connectivity index (χ0v) is 18.2. The molecule has 1 aromatic carbocycles. The molecule has 2 heterocycles. The van der Waals surface area contributed by atoms with Crippen molar-refractivity contribution in [2.45, 2.75) is 38.6 Å². The number of thiazole rings is 1. The summed E-state index contributed by atoms with van der Waals surface area (Å²) < 4.78 is 27.4. The van der Waals surface area contributed by atoms with Gasteiger partial charge in [-0.05, 0) is 39.3 Å². The van der Waals surface area contributed by atoms with Gasteiger partial charge in [-0.25, -0.2) is 18.2 Å². The Balaban J connectivity index is 1.61. The van der Waals surface area contributed by atoms with Crippen molar-refractivity contribution in [3.8, 4) is 0 Å². The van der Waals surface area contributed by atoms with Crippen LogP contribution in [0.15, 0.2) is 28.5 Å². The molecule has 3 rings (SSSR count). The minimum absolute atomic E-state index is 0.178. The first-order valence-electron chi connectivity index (χ1n) is 9.23. The molecular weight excluding hydrogens is 396 g/mol. The number of nitrogens with one attached hydrogen (secondary N) is 1. The second-order valence-corrected chi connectivity index (χ2v) is 9.95. The van der Waals surface area contributed by atoms with Crippen LogP contribution in [0.25, 0.3) is 0 Å². The molecule has 1 N–H and O–H groups in total. The fourth-order valence-corrected chi connectivity index (χ4v) is 5.70. The Morgan fingerprint density at radius 3 is 2.43 bits per heavy atom. The lowest BCUT2D eigenvalue weighted by Gasteiger charge is -2.34. The molecule has 152 valence electrons. The van der Waals surface area contributed by atoms with Crippen LogP contribution in [0.1, 0.15) is 34.8 Å². The number of piperazine rings is 1. The molecule has 1 unspecified atom stereocenters. The standard InChI is InChI=1S/C19H26N4O3S2/c1-13-5-6-17(14(2)11-13)28(25,26)23-9-7-22(8-10-23)19(24)21-16(4)18-20-15(3)12-27-18/h5-6,11-12,16H,7-10H2,1-4H3,(H,21,24). The Labute approximate surface area is 170 Å².